The Kier molecular flexibility index (Phi) is 4.79. The summed E-state index contributed by atoms with van der Waals surface area (Å²) < 4.78 is 0. The van der Waals surface area contributed by atoms with E-state index in [4.69, 9.17) is 0 Å². The van der Waals surface area contributed by atoms with Crippen LogP contribution in [0.3, 0.4) is 0 Å². The number of allylic oxidation sites excluding steroid dienone is 2. The molecule has 0 saturated carbocycles. The third kappa shape index (κ3) is 3.52. The summed E-state index contributed by atoms with van der Waals surface area (Å²) >= 11 is 0. The van der Waals surface area contributed by atoms with Crippen LogP contribution in [-0.4, -0.2) is 0 Å². The summed E-state index contributed by atoms with van der Waals surface area (Å²) in [6.07, 6.45) is 3.40. The summed E-state index contributed by atoms with van der Waals surface area (Å²) in [5.41, 5.74) is 4.25. The standard InChI is InChI=1S/C16H24/c1-6-16(13(4)5)15-9-7-14(8-10-15)11-12(2)3/h6-10,12-13H,11H2,1-5H3. The zero-order chi connectivity index (χ0) is 12.1. The third-order valence-corrected chi connectivity index (χ3v) is 2.86. The first-order valence-electron chi connectivity index (χ1n) is 6.30. The van der Waals surface area contributed by atoms with Gasteiger partial charge >= 0.3 is 0 Å². The fourth-order valence-electron chi connectivity index (χ4n) is 2.14. The van der Waals surface area contributed by atoms with Gasteiger partial charge in [0.05, 0.1) is 0 Å². The van der Waals surface area contributed by atoms with Gasteiger partial charge in [-0.2, -0.15) is 0 Å². The van der Waals surface area contributed by atoms with Gasteiger partial charge in [0, 0.05) is 0 Å². The molecule has 0 atom stereocenters. The van der Waals surface area contributed by atoms with E-state index in [1.165, 1.54) is 23.1 Å². The highest BCUT2D eigenvalue weighted by molar-refractivity contribution is 5.66. The van der Waals surface area contributed by atoms with Crippen LogP contribution in [-0.2, 0) is 6.42 Å². The molecular formula is C16H24. The molecule has 0 aliphatic carbocycles. The predicted octanol–water partition coefficient (Wildman–Crippen LogP) is 4.94. The molecule has 0 unspecified atom stereocenters. The van der Waals surface area contributed by atoms with Crippen molar-refractivity contribution in [2.24, 2.45) is 11.8 Å². The van der Waals surface area contributed by atoms with Crippen LogP contribution in [0.25, 0.3) is 5.57 Å². The average Bonchev–Trinajstić information content (AvgIpc) is 2.20. The van der Waals surface area contributed by atoms with Crippen LogP contribution in [0.4, 0.5) is 0 Å². The first-order valence-corrected chi connectivity index (χ1v) is 6.30. The van der Waals surface area contributed by atoms with E-state index in [1.54, 1.807) is 0 Å². The highest BCUT2D eigenvalue weighted by Crippen LogP contribution is 2.23. The molecule has 1 aromatic carbocycles. The summed E-state index contributed by atoms with van der Waals surface area (Å²) in [4.78, 5) is 0. The molecule has 0 nitrogen and oxygen atoms in total. The van der Waals surface area contributed by atoms with Gasteiger partial charge in [-0.15, -0.1) is 0 Å². The number of benzene rings is 1. The Bertz CT molecular complexity index is 339. The molecule has 0 heterocycles. The summed E-state index contributed by atoms with van der Waals surface area (Å²) in [5, 5.41) is 0. The third-order valence-electron chi connectivity index (χ3n) is 2.86. The van der Waals surface area contributed by atoms with Gasteiger partial charge in [0.15, 0.2) is 0 Å². The van der Waals surface area contributed by atoms with Crippen molar-refractivity contribution in [2.45, 2.75) is 41.0 Å². The molecule has 1 rings (SSSR count). The normalized spacial score (nSPS) is 12.6. The summed E-state index contributed by atoms with van der Waals surface area (Å²) in [6.45, 7) is 11.1. The molecule has 0 aliphatic heterocycles. The summed E-state index contributed by atoms with van der Waals surface area (Å²) in [6, 6.07) is 9.04. The van der Waals surface area contributed by atoms with Gasteiger partial charge in [-0.25, -0.2) is 0 Å². The van der Waals surface area contributed by atoms with Crippen molar-refractivity contribution in [3.63, 3.8) is 0 Å². The zero-order valence-corrected chi connectivity index (χ0v) is 11.2. The van der Waals surface area contributed by atoms with E-state index in [9.17, 15) is 0 Å². The van der Waals surface area contributed by atoms with Gasteiger partial charge in [0.2, 0.25) is 0 Å². The Hall–Kier alpha value is -1.04. The minimum Gasteiger partial charge on any atom is -0.0836 e. The molecule has 16 heavy (non-hydrogen) atoms. The summed E-state index contributed by atoms with van der Waals surface area (Å²) in [5.74, 6) is 1.33. The van der Waals surface area contributed by atoms with Crippen LogP contribution in [0.15, 0.2) is 30.3 Å². The topological polar surface area (TPSA) is 0 Å². The molecule has 0 aliphatic rings. The number of rotatable bonds is 4. The molecule has 0 N–H and O–H groups in total. The first kappa shape index (κ1) is 13.0. The SMILES string of the molecule is CC=C(c1ccc(CC(C)C)cc1)C(C)C. The molecule has 0 heteroatoms. The minimum absolute atomic E-state index is 0.598. The highest BCUT2D eigenvalue weighted by Gasteiger charge is 2.05. The fraction of sp³-hybridized carbons (Fsp3) is 0.500. The van der Waals surface area contributed by atoms with E-state index in [1.807, 2.05) is 0 Å². The van der Waals surface area contributed by atoms with E-state index < -0.39 is 0 Å². The van der Waals surface area contributed by atoms with Gasteiger partial charge < -0.3 is 0 Å². The highest BCUT2D eigenvalue weighted by atomic mass is 14.1. The van der Waals surface area contributed by atoms with Crippen molar-refractivity contribution < 1.29 is 0 Å². The fourth-order valence-corrected chi connectivity index (χ4v) is 2.14. The molecule has 0 aromatic heterocycles. The Morgan fingerprint density at radius 1 is 1.06 bits per heavy atom. The van der Waals surface area contributed by atoms with Crippen LogP contribution in [0, 0.1) is 11.8 Å². The molecule has 0 bridgehead atoms. The lowest BCUT2D eigenvalue weighted by atomic mass is 9.93. The quantitative estimate of drug-likeness (QED) is 0.668. The van der Waals surface area contributed by atoms with Gasteiger partial charge in [0.25, 0.3) is 0 Å². The van der Waals surface area contributed by atoms with Crippen molar-refractivity contribution in [3.8, 4) is 0 Å². The second-order valence-electron chi connectivity index (χ2n) is 5.19. The Morgan fingerprint density at radius 3 is 2.00 bits per heavy atom. The van der Waals surface area contributed by atoms with Crippen molar-refractivity contribution in [1.29, 1.82) is 0 Å². The molecule has 0 saturated heterocycles. The first-order chi connectivity index (χ1) is 7.54. The van der Waals surface area contributed by atoms with Crippen molar-refractivity contribution >= 4 is 5.57 Å². The van der Waals surface area contributed by atoms with Gasteiger partial charge in [-0.05, 0) is 41.9 Å². The predicted molar refractivity (Wildman–Crippen MR) is 73.5 cm³/mol. The van der Waals surface area contributed by atoms with Crippen LogP contribution in [0.2, 0.25) is 0 Å². The van der Waals surface area contributed by atoms with E-state index in [0.717, 1.165) is 5.92 Å². The maximum atomic E-state index is 2.27. The maximum absolute atomic E-state index is 2.27. The maximum Gasteiger partial charge on any atom is -0.0216 e. The molecule has 1 aromatic rings. The lowest BCUT2D eigenvalue weighted by Crippen LogP contribution is -1.96. The van der Waals surface area contributed by atoms with Crippen molar-refractivity contribution in [3.05, 3.63) is 41.5 Å². The second kappa shape index (κ2) is 5.89. The van der Waals surface area contributed by atoms with Crippen LogP contribution in [0.1, 0.15) is 45.7 Å². The average molecular weight is 216 g/mol. The Balaban J connectivity index is 2.86. The monoisotopic (exact) mass is 216 g/mol. The van der Waals surface area contributed by atoms with Gasteiger partial charge in [0.1, 0.15) is 0 Å². The number of hydrogen-bond acceptors (Lipinski definition) is 0. The molecular weight excluding hydrogens is 192 g/mol. The van der Waals surface area contributed by atoms with E-state index in [2.05, 4.69) is 65.0 Å². The molecule has 0 amide bonds. The summed E-state index contributed by atoms with van der Waals surface area (Å²) in [7, 11) is 0. The van der Waals surface area contributed by atoms with Crippen molar-refractivity contribution in [2.75, 3.05) is 0 Å². The van der Waals surface area contributed by atoms with Crippen molar-refractivity contribution in [1.82, 2.24) is 0 Å². The number of hydrogen-bond donors (Lipinski definition) is 0. The van der Waals surface area contributed by atoms with E-state index in [0.29, 0.717) is 5.92 Å². The molecule has 88 valence electrons. The van der Waals surface area contributed by atoms with Gasteiger partial charge in [-0.1, -0.05) is 58.0 Å². The molecule has 0 spiro atoms. The minimum atomic E-state index is 0.598. The molecule has 0 radical (unpaired) electrons. The van der Waals surface area contributed by atoms with Gasteiger partial charge in [-0.3, -0.25) is 0 Å². The zero-order valence-electron chi connectivity index (χ0n) is 11.2. The molecule has 0 fully saturated rings. The largest absolute Gasteiger partial charge is 0.0836 e. The lowest BCUT2D eigenvalue weighted by molar-refractivity contribution is 0.647. The Morgan fingerprint density at radius 2 is 1.62 bits per heavy atom. The van der Waals surface area contributed by atoms with Crippen LogP contribution in [0.5, 0.6) is 0 Å². The van der Waals surface area contributed by atoms with Crippen LogP contribution >= 0.6 is 0 Å². The van der Waals surface area contributed by atoms with E-state index >= 15 is 0 Å². The smallest absolute Gasteiger partial charge is 0.0216 e. The lowest BCUT2D eigenvalue weighted by Gasteiger charge is -2.12. The Labute approximate surface area is 100 Å². The van der Waals surface area contributed by atoms with E-state index in [-0.39, 0.29) is 0 Å². The van der Waals surface area contributed by atoms with Crippen LogP contribution < -0.4 is 0 Å². The second-order valence-corrected chi connectivity index (χ2v) is 5.19.